The van der Waals surface area contributed by atoms with Crippen LogP contribution in [0.2, 0.25) is 0 Å². The van der Waals surface area contributed by atoms with Crippen LogP contribution < -0.4 is 0 Å². The second-order valence-electron chi connectivity index (χ2n) is 5.81. The first kappa shape index (κ1) is 13.6. The summed E-state index contributed by atoms with van der Waals surface area (Å²) in [5.41, 5.74) is 1.02. The Bertz CT molecular complexity index is 365. The molecular weight excluding hydrogens is 222 g/mol. The minimum atomic E-state index is -0.387. The average molecular weight is 247 g/mol. The smallest absolute Gasteiger partial charge is 0.0942 e. The molecule has 1 aromatic rings. The van der Waals surface area contributed by atoms with E-state index in [9.17, 15) is 5.11 Å². The molecule has 1 fully saturated rings. The quantitative estimate of drug-likeness (QED) is 0.886. The van der Waals surface area contributed by atoms with E-state index in [2.05, 4.69) is 25.7 Å². The van der Waals surface area contributed by atoms with Crippen molar-refractivity contribution in [2.45, 2.75) is 51.8 Å². The van der Waals surface area contributed by atoms with Crippen molar-refractivity contribution >= 4 is 0 Å². The number of hydrogen-bond acceptors (Lipinski definition) is 2. The Morgan fingerprint density at radius 1 is 1.22 bits per heavy atom. The van der Waals surface area contributed by atoms with Crippen molar-refractivity contribution in [1.29, 1.82) is 0 Å². The first-order chi connectivity index (χ1) is 8.59. The highest BCUT2D eigenvalue weighted by molar-refractivity contribution is 5.18. The summed E-state index contributed by atoms with van der Waals surface area (Å²) < 4.78 is 0. The molecule has 1 aliphatic heterocycles. The van der Waals surface area contributed by atoms with Gasteiger partial charge < -0.3 is 5.11 Å². The lowest BCUT2D eigenvalue weighted by molar-refractivity contribution is 0.0105. The Hall–Kier alpha value is -0.860. The standard InChI is InChI=1S/C16H25NO/c1-12-9-10-17(13(2)11-12)14(3)16(18)15-7-5-4-6-8-15/h4-8,12-14,16,18H,9-11H2,1-3H3. The number of aliphatic hydroxyl groups excluding tert-OH is 1. The second-order valence-corrected chi connectivity index (χ2v) is 5.81. The number of likely N-dealkylation sites (tertiary alicyclic amines) is 1. The third-order valence-corrected chi connectivity index (χ3v) is 4.31. The van der Waals surface area contributed by atoms with Crippen LogP contribution in [0.15, 0.2) is 30.3 Å². The van der Waals surface area contributed by atoms with Gasteiger partial charge in [-0.15, -0.1) is 0 Å². The molecule has 0 amide bonds. The third-order valence-electron chi connectivity index (χ3n) is 4.31. The summed E-state index contributed by atoms with van der Waals surface area (Å²) in [4.78, 5) is 2.46. The van der Waals surface area contributed by atoms with Crippen LogP contribution in [0, 0.1) is 5.92 Å². The van der Waals surface area contributed by atoms with Crippen LogP contribution in [-0.4, -0.2) is 28.6 Å². The fraction of sp³-hybridized carbons (Fsp3) is 0.625. The molecule has 0 saturated carbocycles. The lowest BCUT2D eigenvalue weighted by atomic mass is 9.90. The van der Waals surface area contributed by atoms with E-state index in [1.807, 2.05) is 30.3 Å². The minimum Gasteiger partial charge on any atom is -0.387 e. The first-order valence-corrected chi connectivity index (χ1v) is 7.08. The summed E-state index contributed by atoms with van der Waals surface area (Å²) >= 11 is 0. The van der Waals surface area contributed by atoms with Crippen LogP contribution in [0.1, 0.15) is 45.3 Å². The molecule has 0 bridgehead atoms. The minimum absolute atomic E-state index is 0.190. The Morgan fingerprint density at radius 3 is 2.50 bits per heavy atom. The van der Waals surface area contributed by atoms with Gasteiger partial charge in [-0.25, -0.2) is 0 Å². The van der Waals surface area contributed by atoms with Crippen LogP contribution in [0.3, 0.4) is 0 Å². The van der Waals surface area contributed by atoms with Gasteiger partial charge in [-0.05, 0) is 44.7 Å². The molecule has 100 valence electrons. The van der Waals surface area contributed by atoms with E-state index in [1.165, 1.54) is 12.8 Å². The molecule has 1 heterocycles. The highest BCUT2D eigenvalue weighted by atomic mass is 16.3. The molecule has 0 aliphatic carbocycles. The van der Waals surface area contributed by atoms with Crippen LogP contribution in [0.5, 0.6) is 0 Å². The van der Waals surface area contributed by atoms with E-state index in [1.54, 1.807) is 0 Å². The summed E-state index contributed by atoms with van der Waals surface area (Å²) in [6.07, 6.45) is 2.10. The fourth-order valence-corrected chi connectivity index (χ4v) is 3.14. The van der Waals surface area contributed by atoms with Gasteiger partial charge in [-0.3, -0.25) is 4.90 Å². The van der Waals surface area contributed by atoms with E-state index in [4.69, 9.17) is 0 Å². The van der Waals surface area contributed by atoms with Crippen LogP contribution in [0.25, 0.3) is 0 Å². The Kier molecular flexibility index (Phi) is 4.41. The molecule has 0 radical (unpaired) electrons. The molecule has 1 N–H and O–H groups in total. The SMILES string of the molecule is CC1CCN(C(C)C(O)c2ccccc2)C(C)C1. The average Bonchev–Trinajstić information content (AvgIpc) is 2.38. The Labute approximate surface area is 111 Å². The van der Waals surface area contributed by atoms with Crippen LogP contribution in [0.4, 0.5) is 0 Å². The highest BCUT2D eigenvalue weighted by Gasteiger charge is 2.30. The van der Waals surface area contributed by atoms with Crippen molar-refractivity contribution in [3.8, 4) is 0 Å². The fourth-order valence-electron chi connectivity index (χ4n) is 3.14. The van der Waals surface area contributed by atoms with Gasteiger partial charge in [0, 0.05) is 12.1 Å². The van der Waals surface area contributed by atoms with E-state index in [0.29, 0.717) is 6.04 Å². The predicted octanol–water partition coefficient (Wildman–Crippen LogP) is 3.23. The van der Waals surface area contributed by atoms with Crippen molar-refractivity contribution in [2.75, 3.05) is 6.54 Å². The molecular formula is C16H25NO. The molecule has 4 unspecified atom stereocenters. The molecule has 0 aromatic heterocycles. The lowest BCUT2D eigenvalue weighted by Crippen LogP contribution is -2.47. The summed E-state index contributed by atoms with van der Waals surface area (Å²) in [5, 5.41) is 10.5. The Balaban J connectivity index is 2.04. The predicted molar refractivity (Wildman–Crippen MR) is 75.4 cm³/mol. The number of piperidine rings is 1. The van der Waals surface area contributed by atoms with E-state index in [0.717, 1.165) is 18.0 Å². The zero-order valence-electron chi connectivity index (χ0n) is 11.7. The zero-order chi connectivity index (χ0) is 13.1. The number of nitrogens with zero attached hydrogens (tertiary/aromatic N) is 1. The number of rotatable bonds is 3. The van der Waals surface area contributed by atoms with Gasteiger partial charge in [0.1, 0.15) is 0 Å². The maximum absolute atomic E-state index is 10.5. The lowest BCUT2D eigenvalue weighted by Gasteiger charge is -2.42. The van der Waals surface area contributed by atoms with Gasteiger partial charge in [0.05, 0.1) is 6.10 Å². The number of hydrogen-bond donors (Lipinski definition) is 1. The van der Waals surface area contributed by atoms with Crippen LogP contribution in [-0.2, 0) is 0 Å². The highest BCUT2D eigenvalue weighted by Crippen LogP contribution is 2.29. The monoisotopic (exact) mass is 247 g/mol. The molecule has 2 nitrogen and oxygen atoms in total. The van der Waals surface area contributed by atoms with E-state index in [-0.39, 0.29) is 12.1 Å². The van der Waals surface area contributed by atoms with E-state index >= 15 is 0 Å². The maximum atomic E-state index is 10.5. The normalized spacial score (nSPS) is 28.9. The maximum Gasteiger partial charge on any atom is 0.0942 e. The van der Waals surface area contributed by atoms with Crippen molar-refractivity contribution in [3.63, 3.8) is 0 Å². The van der Waals surface area contributed by atoms with Crippen molar-refractivity contribution in [3.05, 3.63) is 35.9 Å². The Morgan fingerprint density at radius 2 is 1.89 bits per heavy atom. The molecule has 1 aliphatic rings. The molecule has 4 atom stereocenters. The number of benzene rings is 1. The summed E-state index contributed by atoms with van der Waals surface area (Å²) in [6.45, 7) is 7.85. The zero-order valence-corrected chi connectivity index (χ0v) is 11.7. The van der Waals surface area contributed by atoms with Crippen LogP contribution >= 0.6 is 0 Å². The molecule has 1 aromatic carbocycles. The summed E-state index contributed by atoms with van der Waals surface area (Å²) in [6, 6.07) is 10.8. The molecule has 2 heteroatoms. The molecule has 2 rings (SSSR count). The third kappa shape index (κ3) is 2.93. The van der Waals surface area contributed by atoms with Crippen molar-refractivity contribution in [2.24, 2.45) is 5.92 Å². The van der Waals surface area contributed by atoms with E-state index < -0.39 is 0 Å². The van der Waals surface area contributed by atoms with Gasteiger partial charge in [0.15, 0.2) is 0 Å². The van der Waals surface area contributed by atoms with Crippen molar-refractivity contribution < 1.29 is 5.11 Å². The topological polar surface area (TPSA) is 23.5 Å². The van der Waals surface area contributed by atoms with Gasteiger partial charge in [-0.1, -0.05) is 37.3 Å². The largest absolute Gasteiger partial charge is 0.387 e. The summed E-state index contributed by atoms with van der Waals surface area (Å²) in [5.74, 6) is 0.817. The van der Waals surface area contributed by atoms with Gasteiger partial charge in [0.2, 0.25) is 0 Å². The first-order valence-electron chi connectivity index (χ1n) is 7.08. The second kappa shape index (κ2) is 5.85. The summed E-state index contributed by atoms with van der Waals surface area (Å²) in [7, 11) is 0. The van der Waals surface area contributed by atoms with Gasteiger partial charge in [0.25, 0.3) is 0 Å². The van der Waals surface area contributed by atoms with Gasteiger partial charge in [-0.2, -0.15) is 0 Å². The molecule has 0 spiro atoms. The number of aliphatic hydroxyl groups is 1. The van der Waals surface area contributed by atoms with Crippen molar-refractivity contribution in [1.82, 2.24) is 4.90 Å². The molecule has 18 heavy (non-hydrogen) atoms. The molecule has 1 saturated heterocycles. The van der Waals surface area contributed by atoms with Gasteiger partial charge >= 0.3 is 0 Å².